The minimum absolute atomic E-state index is 0.0982. The second kappa shape index (κ2) is 8.09. The Labute approximate surface area is 150 Å². The summed E-state index contributed by atoms with van der Waals surface area (Å²) >= 11 is 0. The molecule has 0 saturated carbocycles. The zero-order valence-corrected chi connectivity index (χ0v) is 14.4. The van der Waals surface area contributed by atoms with E-state index in [1.54, 1.807) is 24.3 Å². The number of hydrogen-bond acceptors (Lipinski definition) is 1. The maximum absolute atomic E-state index is 14.2. The van der Waals surface area contributed by atoms with Crippen LogP contribution in [0.2, 0.25) is 0 Å². The van der Waals surface area contributed by atoms with Crippen LogP contribution < -0.4 is 4.74 Å². The molecule has 0 fully saturated rings. The maximum atomic E-state index is 14.2. The van der Waals surface area contributed by atoms with Crippen LogP contribution >= 0.6 is 0 Å². The van der Waals surface area contributed by atoms with Crippen LogP contribution in [0.25, 0.3) is 10.8 Å². The van der Waals surface area contributed by atoms with Gasteiger partial charge in [-0.15, -0.1) is 0 Å². The number of rotatable bonds is 6. The van der Waals surface area contributed by atoms with Crippen molar-refractivity contribution in [3.8, 4) is 5.75 Å². The summed E-state index contributed by atoms with van der Waals surface area (Å²) in [6.07, 6.45) is 5.19. The van der Waals surface area contributed by atoms with Gasteiger partial charge in [0, 0.05) is 0 Å². The highest BCUT2D eigenvalue weighted by atomic mass is 19.1. The molecule has 0 aromatic heterocycles. The van der Waals surface area contributed by atoms with Crippen molar-refractivity contribution >= 4 is 10.8 Å². The fraction of sp³-hybridized carbons (Fsp3) is 0.182. The van der Waals surface area contributed by atoms with Gasteiger partial charge < -0.3 is 4.74 Å². The van der Waals surface area contributed by atoms with Crippen molar-refractivity contribution < 1.29 is 17.9 Å². The van der Waals surface area contributed by atoms with E-state index in [1.165, 1.54) is 24.3 Å². The van der Waals surface area contributed by atoms with Gasteiger partial charge >= 0.3 is 0 Å². The maximum Gasteiger partial charge on any atom is 0.133 e. The zero-order chi connectivity index (χ0) is 18.5. The highest BCUT2D eigenvalue weighted by Crippen LogP contribution is 2.24. The van der Waals surface area contributed by atoms with Crippen LogP contribution in [0, 0.1) is 17.5 Å². The van der Waals surface area contributed by atoms with E-state index in [2.05, 4.69) is 0 Å². The Morgan fingerprint density at radius 3 is 2.31 bits per heavy atom. The Morgan fingerprint density at radius 1 is 0.885 bits per heavy atom. The van der Waals surface area contributed by atoms with Gasteiger partial charge in [0.05, 0.1) is 5.56 Å². The number of hydrogen-bond donors (Lipinski definition) is 0. The lowest BCUT2D eigenvalue weighted by Gasteiger charge is -2.11. The number of benzene rings is 3. The van der Waals surface area contributed by atoms with E-state index >= 15 is 0 Å². The Bertz CT molecular complexity index is 924. The number of halogens is 3. The third kappa shape index (κ3) is 4.26. The van der Waals surface area contributed by atoms with E-state index in [-0.39, 0.29) is 18.0 Å². The summed E-state index contributed by atoms with van der Waals surface area (Å²) in [4.78, 5) is 0. The lowest BCUT2D eigenvalue weighted by atomic mass is 10.1. The third-order valence-corrected chi connectivity index (χ3v) is 4.19. The minimum Gasteiger partial charge on any atom is -0.489 e. The van der Waals surface area contributed by atoms with Crippen molar-refractivity contribution in [1.82, 2.24) is 0 Å². The predicted octanol–water partition coefficient (Wildman–Crippen LogP) is 6.34. The highest BCUT2D eigenvalue weighted by Gasteiger charge is 2.12. The van der Waals surface area contributed by atoms with Crippen LogP contribution in [0.5, 0.6) is 5.75 Å². The van der Waals surface area contributed by atoms with Gasteiger partial charge in [0.15, 0.2) is 0 Å². The molecule has 0 amide bonds. The summed E-state index contributed by atoms with van der Waals surface area (Å²) in [5.41, 5.74) is 0.522. The molecule has 3 aromatic carbocycles. The molecule has 0 bridgehead atoms. The molecule has 0 spiro atoms. The lowest BCUT2D eigenvalue weighted by molar-refractivity contribution is 0.293. The molecule has 3 rings (SSSR count). The standard InChI is InChI=1S/C22H19F3O/c1-2-3-4-5-15-10-21(24)20(22(25)11-15)14-26-19-9-7-16-12-18(23)8-6-17(16)13-19/h2-3,6-13H,4-5,14H2,1H3/b3-2+. The van der Waals surface area contributed by atoms with Gasteiger partial charge in [0.1, 0.15) is 29.8 Å². The van der Waals surface area contributed by atoms with Crippen LogP contribution in [0.1, 0.15) is 24.5 Å². The van der Waals surface area contributed by atoms with Crippen LogP contribution in [0.15, 0.2) is 60.7 Å². The van der Waals surface area contributed by atoms with Crippen molar-refractivity contribution in [2.24, 2.45) is 0 Å². The smallest absolute Gasteiger partial charge is 0.133 e. The van der Waals surface area contributed by atoms with Crippen LogP contribution in [-0.2, 0) is 13.0 Å². The number of fused-ring (bicyclic) bond motifs is 1. The van der Waals surface area contributed by atoms with Crippen LogP contribution in [-0.4, -0.2) is 0 Å². The SMILES string of the molecule is C/C=C/CCc1cc(F)c(COc2ccc3cc(F)ccc3c2)c(F)c1. The molecule has 26 heavy (non-hydrogen) atoms. The summed E-state index contributed by atoms with van der Waals surface area (Å²) in [7, 11) is 0. The van der Waals surface area contributed by atoms with Crippen molar-refractivity contribution in [3.05, 3.63) is 89.3 Å². The summed E-state index contributed by atoms with van der Waals surface area (Å²) in [5, 5.41) is 1.53. The molecular weight excluding hydrogens is 337 g/mol. The van der Waals surface area contributed by atoms with Gasteiger partial charge in [-0.25, -0.2) is 13.2 Å². The van der Waals surface area contributed by atoms with Gasteiger partial charge in [-0.05, 0) is 72.5 Å². The van der Waals surface area contributed by atoms with Gasteiger partial charge in [0.2, 0.25) is 0 Å². The van der Waals surface area contributed by atoms with Gasteiger partial charge in [-0.2, -0.15) is 0 Å². The fourth-order valence-electron chi connectivity index (χ4n) is 2.79. The van der Waals surface area contributed by atoms with E-state index in [0.29, 0.717) is 17.7 Å². The Kier molecular flexibility index (Phi) is 5.61. The summed E-state index contributed by atoms with van der Waals surface area (Å²) in [5.74, 6) is -1.06. The molecule has 0 aliphatic heterocycles. The number of allylic oxidation sites excluding steroid dienone is 2. The first kappa shape index (κ1) is 18.1. The second-order valence-electron chi connectivity index (χ2n) is 6.09. The van der Waals surface area contributed by atoms with Crippen molar-refractivity contribution in [2.45, 2.75) is 26.4 Å². The Hall–Kier alpha value is -2.75. The largest absolute Gasteiger partial charge is 0.489 e. The molecule has 0 radical (unpaired) electrons. The molecule has 3 aromatic rings. The van der Waals surface area contributed by atoms with Crippen molar-refractivity contribution in [3.63, 3.8) is 0 Å². The molecule has 1 nitrogen and oxygen atoms in total. The fourth-order valence-corrected chi connectivity index (χ4v) is 2.79. The molecule has 4 heteroatoms. The Morgan fingerprint density at radius 2 is 1.58 bits per heavy atom. The third-order valence-electron chi connectivity index (χ3n) is 4.19. The summed E-state index contributed by atoms with van der Waals surface area (Å²) in [6, 6.07) is 12.2. The van der Waals surface area contributed by atoms with E-state index < -0.39 is 11.6 Å². The molecule has 0 saturated heterocycles. The lowest BCUT2D eigenvalue weighted by Crippen LogP contribution is -2.03. The van der Waals surface area contributed by atoms with E-state index in [4.69, 9.17) is 4.74 Å². The number of aryl methyl sites for hydroxylation is 1. The molecule has 134 valence electrons. The van der Waals surface area contributed by atoms with E-state index in [9.17, 15) is 13.2 Å². The molecule has 0 atom stereocenters. The molecular formula is C22H19F3O. The normalized spacial score (nSPS) is 11.4. The molecule has 0 aliphatic carbocycles. The highest BCUT2D eigenvalue weighted by molar-refractivity contribution is 5.83. The summed E-state index contributed by atoms with van der Waals surface area (Å²) in [6.45, 7) is 1.70. The van der Waals surface area contributed by atoms with Gasteiger partial charge in [0.25, 0.3) is 0 Å². The molecule has 0 N–H and O–H groups in total. The second-order valence-corrected chi connectivity index (χ2v) is 6.09. The predicted molar refractivity (Wildman–Crippen MR) is 97.7 cm³/mol. The van der Waals surface area contributed by atoms with Crippen LogP contribution in [0.3, 0.4) is 0 Å². The van der Waals surface area contributed by atoms with Crippen molar-refractivity contribution in [2.75, 3.05) is 0 Å². The average molecular weight is 356 g/mol. The van der Waals surface area contributed by atoms with E-state index in [0.717, 1.165) is 17.2 Å². The first-order valence-corrected chi connectivity index (χ1v) is 8.47. The molecule has 0 unspecified atom stereocenters. The van der Waals surface area contributed by atoms with E-state index in [1.807, 2.05) is 19.1 Å². The quantitative estimate of drug-likeness (QED) is 0.468. The molecule has 0 aliphatic rings. The van der Waals surface area contributed by atoms with Gasteiger partial charge in [-0.3, -0.25) is 0 Å². The average Bonchev–Trinajstić information content (AvgIpc) is 2.61. The van der Waals surface area contributed by atoms with Crippen molar-refractivity contribution in [1.29, 1.82) is 0 Å². The molecule has 0 heterocycles. The monoisotopic (exact) mass is 356 g/mol. The number of ether oxygens (including phenoxy) is 1. The summed E-state index contributed by atoms with van der Waals surface area (Å²) < 4.78 is 47.2. The van der Waals surface area contributed by atoms with Crippen LogP contribution in [0.4, 0.5) is 13.2 Å². The topological polar surface area (TPSA) is 9.23 Å². The first-order valence-electron chi connectivity index (χ1n) is 8.47. The first-order chi connectivity index (χ1) is 12.6. The Balaban J connectivity index is 1.73. The minimum atomic E-state index is -0.608. The zero-order valence-electron chi connectivity index (χ0n) is 14.4. The van der Waals surface area contributed by atoms with Gasteiger partial charge in [-0.1, -0.05) is 24.3 Å².